The van der Waals surface area contributed by atoms with E-state index in [0.717, 1.165) is 12.5 Å². The van der Waals surface area contributed by atoms with Crippen LogP contribution in [0.4, 0.5) is 4.39 Å². The molecule has 0 atom stereocenters. The Bertz CT molecular complexity index is 580. The maximum Gasteiger partial charge on any atom is 0.228 e. The molecule has 3 nitrogen and oxygen atoms in total. The number of carbonyl (C=O) groups is 1. The van der Waals surface area contributed by atoms with Gasteiger partial charge >= 0.3 is 0 Å². The summed E-state index contributed by atoms with van der Waals surface area (Å²) >= 11 is 5.58. The minimum absolute atomic E-state index is 0.00319. The second kappa shape index (κ2) is 5.31. The van der Waals surface area contributed by atoms with Crippen LogP contribution in [-0.2, 0) is 6.54 Å². The van der Waals surface area contributed by atoms with E-state index in [1.165, 1.54) is 12.1 Å². The highest BCUT2D eigenvalue weighted by Crippen LogP contribution is 2.17. The van der Waals surface area contributed by atoms with Gasteiger partial charge in [-0.25, -0.2) is 9.37 Å². The normalized spacial score (nSPS) is 10.6. The van der Waals surface area contributed by atoms with Crippen molar-refractivity contribution in [1.82, 2.24) is 9.55 Å². The molecule has 0 radical (unpaired) electrons. The highest BCUT2D eigenvalue weighted by molar-refractivity contribution is 6.30. The van der Waals surface area contributed by atoms with Gasteiger partial charge in [-0.2, -0.15) is 0 Å². The molecule has 0 aliphatic heterocycles. The van der Waals surface area contributed by atoms with Crippen molar-refractivity contribution in [3.8, 4) is 0 Å². The molecular weight excluding hydrogens is 255 g/mol. The maximum absolute atomic E-state index is 13.3. The predicted molar refractivity (Wildman–Crippen MR) is 67.4 cm³/mol. The lowest BCUT2D eigenvalue weighted by atomic mass is 10.1. The van der Waals surface area contributed by atoms with E-state index in [0.29, 0.717) is 12.4 Å². The fraction of sp³-hybridized carbons (Fsp3) is 0.231. The minimum atomic E-state index is -0.601. The van der Waals surface area contributed by atoms with Crippen LogP contribution in [0.25, 0.3) is 0 Å². The van der Waals surface area contributed by atoms with Gasteiger partial charge in [-0.1, -0.05) is 18.5 Å². The summed E-state index contributed by atoms with van der Waals surface area (Å²) in [5.74, 6) is -0.585. The number of aryl methyl sites for hydroxylation is 1. The lowest BCUT2D eigenvalue weighted by molar-refractivity contribution is 0.102. The molecule has 0 unspecified atom stereocenters. The van der Waals surface area contributed by atoms with E-state index in [1.54, 1.807) is 17.0 Å². The molecule has 1 aromatic carbocycles. The Kier molecular flexibility index (Phi) is 3.77. The Balaban J connectivity index is 2.35. The Morgan fingerprint density at radius 3 is 2.94 bits per heavy atom. The van der Waals surface area contributed by atoms with Gasteiger partial charge in [0.2, 0.25) is 5.78 Å². The molecule has 1 aromatic heterocycles. The summed E-state index contributed by atoms with van der Waals surface area (Å²) < 4.78 is 15.1. The number of halogens is 2. The molecule has 0 N–H and O–H groups in total. The highest BCUT2D eigenvalue weighted by atomic mass is 35.5. The molecule has 2 aromatic rings. The lowest BCUT2D eigenvalue weighted by Crippen LogP contribution is -2.11. The molecule has 94 valence electrons. The van der Waals surface area contributed by atoms with Gasteiger partial charge in [-0.15, -0.1) is 0 Å². The van der Waals surface area contributed by atoms with Crippen LogP contribution in [0.5, 0.6) is 0 Å². The van der Waals surface area contributed by atoms with Crippen molar-refractivity contribution >= 4 is 17.4 Å². The molecule has 0 fully saturated rings. The maximum atomic E-state index is 13.3. The summed E-state index contributed by atoms with van der Waals surface area (Å²) in [7, 11) is 0. The van der Waals surface area contributed by atoms with Crippen LogP contribution >= 0.6 is 11.6 Å². The molecule has 0 saturated carbocycles. The summed E-state index contributed by atoms with van der Waals surface area (Å²) in [6.07, 6.45) is 4.20. The number of imidazole rings is 1. The van der Waals surface area contributed by atoms with Gasteiger partial charge < -0.3 is 4.57 Å². The number of nitrogens with zero attached hydrogens (tertiary/aromatic N) is 2. The van der Waals surface area contributed by atoms with Crippen molar-refractivity contribution in [3.05, 3.63) is 52.8 Å². The average Bonchev–Trinajstić information content (AvgIpc) is 2.80. The number of rotatable bonds is 4. The third kappa shape index (κ3) is 2.43. The monoisotopic (exact) mass is 266 g/mol. The van der Waals surface area contributed by atoms with Crippen molar-refractivity contribution in [2.45, 2.75) is 19.9 Å². The fourth-order valence-electron chi connectivity index (χ4n) is 1.71. The number of aromatic nitrogens is 2. The van der Waals surface area contributed by atoms with E-state index in [9.17, 15) is 9.18 Å². The van der Waals surface area contributed by atoms with Crippen LogP contribution in [0.15, 0.2) is 30.6 Å². The molecule has 18 heavy (non-hydrogen) atoms. The van der Waals surface area contributed by atoms with Gasteiger partial charge in [-0.05, 0) is 24.6 Å². The molecule has 2 rings (SSSR count). The van der Waals surface area contributed by atoms with Crippen molar-refractivity contribution in [2.75, 3.05) is 0 Å². The standard InChI is InChI=1S/C13H12ClFN2O/c1-2-6-17-7-5-16-13(17)12(18)9-3-4-10(14)11(15)8-9/h3-5,7-8H,2,6H2,1H3. The van der Waals surface area contributed by atoms with Gasteiger partial charge in [0.25, 0.3) is 0 Å². The van der Waals surface area contributed by atoms with Crippen LogP contribution in [0.3, 0.4) is 0 Å². The van der Waals surface area contributed by atoms with Crippen molar-refractivity contribution in [1.29, 1.82) is 0 Å². The molecule has 0 aliphatic rings. The number of hydrogen-bond donors (Lipinski definition) is 0. The quantitative estimate of drug-likeness (QED) is 0.796. The third-order valence-electron chi connectivity index (χ3n) is 2.56. The Hall–Kier alpha value is -1.68. The van der Waals surface area contributed by atoms with Crippen molar-refractivity contribution < 1.29 is 9.18 Å². The van der Waals surface area contributed by atoms with Crippen LogP contribution in [0, 0.1) is 5.82 Å². The zero-order valence-electron chi connectivity index (χ0n) is 9.86. The molecular formula is C13H12ClFN2O. The summed E-state index contributed by atoms with van der Waals surface area (Å²) in [5.41, 5.74) is 0.250. The molecule has 5 heteroatoms. The van der Waals surface area contributed by atoms with Crippen LogP contribution in [0.2, 0.25) is 5.02 Å². The topological polar surface area (TPSA) is 34.9 Å². The Labute approximate surface area is 109 Å². The summed E-state index contributed by atoms with van der Waals surface area (Å²) in [5, 5.41) is 0.00319. The number of benzene rings is 1. The first-order valence-electron chi connectivity index (χ1n) is 5.64. The van der Waals surface area contributed by atoms with Gasteiger partial charge in [0.05, 0.1) is 5.02 Å². The van der Waals surface area contributed by atoms with Gasteiger partial charge in [0.1, 0.15) is 5.82 Å². The average molecular weight is 267 g/mol. The summed E-state index contributed by atoms with van der Waals surface area (Å²) in [6.45, 7) is 2.72. The van der Waals surface area contributed by atoms with Crippen molar-refractivity contribution in [3.63, 3.8) is 0 Å². The van der Waals surface area contributed by atoms with E-state index >= 15 is 0 Å². The van der Waals surface area contributed by atoms with E-state index in [1.807, 2.05) is 6.92 Å². The number of ketones is 1. The zero-order chi connectivity index (χ0) is 13.1. The predicted octanol–water partition coefficient (Wildman–Crippen LogP) is 3.32. The molecule has 0 saturated heterocycles. The molecule has 0 aliphatic carbocycles. The van der Waals surface area contributed by atoms with E-state index in [4.69, 9.17) is 11.6 Å². The molecule has 0 spiro atoms. The Morgan fingerprint density at radius 1 is 1.50 bits per heavy atom. The van der Waals surface area contributed by atoms with Crippen molar-refractivity contribution in [2.24, 2.45) is 0 Å². The first-order chi connectivity index (χ1) is 8.63. The van der Waals surface area contributed by atoms with Gasteiger partial charge in [0, 0.05) is 24.5 Å². The zero-order valence-corrected chi connectivity index (χ0v) is 10.6. The second-order valence-electron chi connectivity index (χ2n) is 3.90. The largest absolute Gasteiger partial charge is 0.328 e. The lowest BCUT2D eigenvalue weighted by Gasteiger charge is -2.05. The number of hydrogen-bond acceptors (Lipinski definition) is 2. The third-order valence-corrected chi connectivity index (χ3v) is 2.87. The highest BCUT2D eigenvalue weighted by Gasteiger charge is 2.16. The van der Waals surface area contributed by atoms with Crippen LogP contribution in [-0.4, -0.2) is 15.3 Å². The van der Waals surface area contributed by atoms with E-state index in [2.05, 4.69) is 4.98 Å². The first kappa shape index (κ1) is 12.8. The minimum Gasteiger partial charge on any atom is -0.328 e. The second-order valence-corrected chi connectivity index (χ2v) is 4.31. The van der Waals surface area contributed by atoms with Crippen LogP contribution in [0.1, 0.15) is 29.5 Å². The molecule has 1 heterocycles. The molecule has 0 amide bonds. The van der Waals surface area contributed by atoms with E-state index < -0.39 is 5.82 Å². The smallest absolute Gasteiger partial charge is 0.228 e. The SMILES string of the molecule is CCCn1ccnc1C(=O)c1ccc(Cl)c(F)c1. The fourth-order valence-corrected chi connectivity index (χ4v) is 1.82. The van der Waals surface area contributed by atoms with Crippen LogP contribution < -0.4 is 0 Å². The summed E-state index contributed by atoms with van der Waals surface area (Å²) in [4.78, 5) is 16.2. The summed E-state index contributed by atoms with van der Waals surface area (Å²) in [6, 6.07) is 4.01. The molecule has 0 bridgehead atoms. The van der Waals surface area contributed by atoms with Gasteiger partial charge in [0.15, 0.2) is 5.82 Å². The Morgan fingerprint density at radius 2 is 2.28 bits per heavy atom. The number of carbonyl (C=O) groups excluding carboxylic acids is 1. The van der Waals surface area contributed by atoms with Gasteiger partial charge in [-0.3, -0.25) is 4.79 Å². The first-order valence-corrected chi connectivity index (χ1v) is 6.02. The van der Waals surface area contributed by atoms with E-state index in [-0.39, 0.29) is 16.4 Å².